The fourth-order valence-corrected chi connectivity index (χ4v) is 5.98. The Morgan fingerprint density at radius 3 is 1.45 bits per heavy atom. The van der Waals surface area contributed by atoms with Crippen molar-refractivity contribution in [3.05, 3.63) is 76.5 Å². The van der Waals surface area contributed by atoms with Gasteiger partial charge in [0.25, 0.3) is 12.0 Å². The predicted octanol–water partition coefficient (Wildman–Crippen LogP) is 10.9. The smallest absolute Gasteiger partial charge is 0.297 e. The summed E-state index contributed by atoms with van der Waals surface area (Å²) in [6.07, 6.45) is 8.84. The number of aryl methyl sites for hydroxylation is 3. The Bertz CT molecular complexity index is 2000. The quantitative estimate of drug-likeness (QED) is 0.166. The Hall–Kier alpha value is -4.14. The first-order valence-electron chi connectivity index (χ1n) is 21.6. The second kappa shape index (κ2) is 21.5. The molecule has 0 bridgehead atoms. The number of halogens is 1. The second-order valence-electron chi connectivity index (χ2n) is 21.0. The van der Waals surface area contributed by atoms with Gasteiger partial charge >= 0.3 is 0 Å². The van der Waals surface area contributed by atoms with Crippen LogP contribution in [0.1, 0.15) is 151 Å². The van der Waals surface area contributed by atoms with Crippen molar-refractivity contribution in [1.29, 1.82) is 0 Å². The van der Waals surface area contributed by atoms with E-state index in [0.29, 0.717) is 6.04 Å². The minimum atomic E-state index is 0.0390. The van der Waals surface area contributed by atoms with E-state index in [1.165, 1.54) is 0 Å². The number of anilines is 2. The third kappa shape index (κ3) is 16.2. The summed E-state index contributed by atoms with van der Waals surface area (Å²) in [7, 11) is 1.84. The van der Waals surface area contributed by atoms with Crippen LogP contribution in [0, 0.1) is 13.8 Å². The normalized spacial score (nSPS) is 16.2. The maximum Gasteiger partial charge on any atom is 0.297 e. The molecule has 0 radical (unpaired) electrons. The van der Waals surface area contributed by atoms with E-state index in [1.54, 1.807) is 29.7 Å². The van der Waals surface area contributed by atoms with Crippen LogP contribution >= 0.6 is 11.6 Å². The van der Waals surface area contributed by atoms with Crippen LogP contribution in [0.25, 0.3) is 0 Å². The maximum absolute atomic E-state index is 5.99. The summed E-state index contributed by atoms with van der Waals surface area (Å²) in [4.78, 5) is 21.6. The molecule has 15 heteroatoms. The van der Waals surface area contributed by atoms with Crippen molar-refractivity contribution in [2.24, 2.45) is 7.05 Å². The SMILES string of the molecule is CC(C)(C)c1coc(N2CCOCC2)n1.C[C@@H]1COCCN1c1nc(C(C)(C)C)co1.Cc1nc(C(C)(C)C)co1.Cc1ncc(C(C)(C)C)o1.Cn1ncc(C(C)(C)C)c1Cl. The average Bonchev–Trinajstić information content (AvgIpc) is 4.01. The molecule has 0 unspecified atom stereocenters. The van der Waals surface area contributed by atoms with Crippen molar-refractivity contribution in [1.82, 2.24) is 29.7 Å². The molecule has 1 atom stereocenters. The van der Waals surface area contributed by atoms with Gasteiger partial charge in [0.15, 0.2) is 11.8 Å². The Labute approximate surface area is 376 Å². The number of morpholine rings is 2. The van der Waals surface area contributed by atoms with Gasteiger partial charge in [0.05, 0.1) is 61.9 Å². The van der Waals surface area contributed by atoms with Gasteiger partial charge in [-0.05, 0) is 12.3 Å². The van der Waals surface area contributed by atoms with Gasteiger partial charge in [-0.25, -0.2) is 9.97 Å². The van der Waals surface area contributed by atoms with Gasteiger partial charge in [0, 0.05) is 67.8 Å². The molecule has 2 aliphatic heterocycles. The zero-order valence-electron chi connectivity index (χ0n) is 41.3. The van der Waals surface area contributed by atoms with Crippen molar-refractivity contribution in [2.45, 2.75) is 158 Å². The highest BCUT2D eigenvalue weighted by atomic mass is 35.5. The highest BCUT2D eigenvalue weighted by Crippen LogP contribution is 2.29. The van der Waals surface area contributed by atoms with Crippen LogP contribution in [-0.2, 0) is 43.6 Å². The zero-order chi connectivity index (χ0) is 46.8. The maximum atomic E-state index is 5.99. The number of hydrogen-bond acceptors (Lipinski definition) is 13. The molecule has 2 fully saturated rings. The van der Waals surface area contributed by atoms with Crippen LogP contribution in [0.3, 0.4) is 0 Å². The lowest BCUT2D eigenvalue weighted by molar-refractivity contribution is 0.0961. The highest BCUT2D eigenvalue weighted by Gasteiger charge is 2.27. The van der Waals surface area contributed by atoms with Crippen LogP contribution in [-0.4, -0.2) is 81.8 Å². The molecule has 5 aromatic heterocycles. The molecule has 2 aliphatic rings. The number of nitrogens with zero attached hydrogens (tertiary/aromatic N) is 8. The number of ether oxygens (including phenoxy) is 2. The third-order valence-corrected chi connectivity index (χ3v) is 10.3. The number of hydrogen-bond donors (Lipinski definition) is 0. The van der Waals surface area contributed by atoms with Crippen LogP contribution < -0.4 is 9.80 Å². The Morgan fingerprint density at radius 2 is 1.10 bits per heavy atom. The fraction of sp³-hybridized carbons (Fsp3) is 0.681. The van der Waals surface area contributed by atoms with Gasteiger partial charge in [-0.15, -0.1) is 0 Å². The number of rotatable bonds is 2. The number of oxazole rings is 4. The molecular formula is C47H77ClN8O6. The van der Waals surface area contributed by atoms with E-state index in [4.69, 9.17) is 38.7 Å². The minimum Gasteiger partial charge on any atom is -0.449 e. The molecule has 7 rings (SSSR count). The summed E-state index contributed by atoms with van der Waals surface area (Å²) in [6, 6.07) is 1.78. The van der Waals surface area contributed by atoms with Crippen LogP contribution in [0.2, 0.25) is 5.15 Å². The monoisotopic (exact) mass is 885 g/mol. The van der Waals surface area contributed by atoms with E-state index in [1.807, 2.05) is 27.1 Å². The molecule has 0 spiro atoms. The van der Waals surface area contributed by atoms with Crippen LogP contribution in [0.4, 0.5) is 12.0 Å². The summed E-state index contributed by atoms with van der Waals surface area (Å²) < 4.78 is 33.8. The summed E-state index contributed by atoms with van der Waals surface area (Å²) in [5.41, 5.74) is 4.49. The first-order valence-corrected chi connectivity index (χ1v) is 22.0. The summed E-state index contributed by atoms with van der Waals surface area (Å²) in [6.45, 7) is 43.3. The van der Waals surface area contributed by atoms with Gasteiger partial charge < -0.3 is 36.9 Å². The highest BCUT2D eigenvalue weighted by molar-refractivity contribution is 6.30. The largest absolute Gasteiger partial charge is 0.449 e. The van der Waals surface area contributed by atoms with Crippen molar-refractivity contribution in [2.75, 3.05) is 55.9 Å². The van der Waals surface area contributed by atoms with Gasteiger partial charge in [-0.1, -0.05) is 115 Å². The molecule has 0 amide bonds. The molecule has 0 saturated carbocycles. The van der Waals surface area contributed by atoms with Crippen molar-refractivity contribution in [3.63, 3.8) is 0 Å². The van der Waals surface area contributed by atoms with Crippen molar-refractivity contribution < 1.29 is 27.1 Å². The van der Waals surface area contributed by atoms with Crippen LogP contribution in [0.5, 0.6) is 0 Å². The van der Waals surface area contributed by atoms with Gasteiger partial charge in [0.1, 0.15) is 29.7 Å². The summed E-state index contributed by atoms with van der Waals surface area (Å²) in [5.74, 6) is 2.43. The molecule has 0 N–H and O–H groups in total. The van der Waals surface area contributed by atoms with Crippen molar-refractivity contribution >= 4 is 23.6 Å². The molecule has 62 heavy (non-hydrogen) atoms. The molecule has 14 nitrogen and oxygen atoms in total. The summed E-state index contributed by atoms with van der Waals surface area (Å²) in [5, 5.41) is 4.80. The molecule has 2 saturated heterocycles. The Balaban J connectivity index is 0.000000210. The van der Waals surface area contributed by atoms with Crippen molar-refractivity contribution in [3.8, 4) is 0 Å². The lowest BCUT2D eigenvalue weighted by atomic mass is 9.90. The second-order valence-corrected chi connectivity index (χ2v) is 21.3. The minimum absolute atomic E-state index is 0.0390. The van der Waals surface area contributed by atoms with E-state index in [-0.39, 0.29) is 27.1 Å². The van der Waals surface area contributed by atoms with Gasteiger partial charge in [0.2, 0.25) is 0 Å². The van der Waals surface area contributed by atoms with Gasteiger partial charge in [-0.2, -0.15) is 15.1 Å². The van der Waals surface area contributed by atoms with E-state index < -0.39 is 0 Å². The topological polar surface area (TPSA) is 147 Å². The molecule has 348 valence electrons. The molecular weight excluding hydrogens is 808 g/mol. The lowest BCUT2D eigenvalue weighted by Crippen LogP contribution is -2.43. The Morgan fingerprint density at radius 1 is 0.597 bits per heavy atom. The predicted molar refractivity (Wildman–Crippen MR) is 248 cm³/mol. The molecule has 5 aromatic rings. The van der Waals surface area contributed by atoms with E-state index in [9.17, 15) is 0 Å². The molecule has 7 heterocycles. The third-order valence-electron chi connectivity index (χ3n) is 9.84. The molecule has 0 aliphatic carbocycles. The van der Waals surface area contributed by atoms with Gasteiger partial charge in [-0.3, -0.25) is 4.68 Å². The zero-order valence-corrected chi connectivity index (χ0v) is 42.1. The average molecular weight is 886 g/mol. The van der Waals surface area contributed by atoms with E-state index >= 15 is 0 Å². The standard InChI is InChI=1S/C12H20N2O2.C11H18N2O2.C8H13ClN2.2C8H13NO/c1-9-7-15-6-5-14(9)11-13-10(8-16-11)12(2,3)4;1-11(2,3)9-8-15-10(12-9)13-4-6-14-7-5-13;1-8(2,3)6-5-10-11(4)7(6)9;1-6-9-7(5-10-6)8(2,3)4;1-6-9-5-7(10-6)8(2,3)4/h8-9H,5-7H2,1-4H3;8H,4-7H2,1-3H3;5H,1-4H3;2*5H,1-4H3/t9-;;;;/m1..../s1. The number of aromatic nitrogens is 6. The van der Waals surface area contributed by atoms with E-state index in [2.05, 4.69) is 146 Å². The first kappa shape index (κ1) is 52.2. The molecule has 0 aromatic carbocycles. The lowest BCUT2D eigenvalue weighted by Gasteiger charge is -2.31. The first-order chi connectivity index (χ1) is 28.5. The summed E-state index contributed by atoms with van der Waals surface area (Å²) >= 11 is 5.99. The van der Waals surface area contributed by atoms with Crippen LogP contribution in [0.15, 0.2) is 48.9 Å². The fourth-order valence-electron chi connectivity index (χ4n) is 5.60. The van der Waals surface area contributed by atoms with E-state index in [0.717, 1.165) is 103 Å². The Kier molecular flexibility index (Phi) is 18.1.